The minimum Gasteiger partial charge on any atom is -0.356 e. The van der Waals surface area contributed by atoms with E-state index < -0.39 is 11.7 Å². The van der Waals surface area contributed by atoms with Crippen LogP contribution in [0.25, 0.3) is 0 Å². The maximum atomic E-state index is 13.0. The maximum absolute atomic E-state index is 13.0. The number of amidine groups is 1. The summed E-state index contributed by atoms with van der Waals surface area (Å²) in [5, 5.41) is 0.0413. The fourth-order valence-corrected chi connectivity index (χ4v) is 2.43. The molecule has 21 heavy (non-hydrogen) atoms. The summed E-state index contributed by atoms with van der Waals surface area (Å²) in [4.78, 5) is 6.10. The van der Waals surface area contributed by atoms with Crippen LogP contribution in [0.1, 0.15) is 18.4 Å². The van der Waals surface area contributed by atoms with E-state index in [2.05, 4.69) is 4.99 Å². The Hall–Kier alpha value is -1.20. The predicted molar refractivity (Wildman–Crippen MR) is 79.3 cm³/mol. The van der Waals surface area contributed by atoms with Gasteiger partial charge in [-0.3, -0.25) is 0 Å². The molecule has 0 spiro atoms. The summed E-state index contributed by atoms with van der Waals surface area (Å²) < 4.78 is 39.1. The highest BCUT2D eigenvalue weighted by Gasteiger charge is 2.34. The number of aliphatic imine (C=N–C) groups is 1. The minimum atomic E-state index is -4.48. The molecule has 1 aromatic carbocycles. The molecular formula is C14H13Cl2F3N2. The number of halogens is 5. The van der Waals surface area contributed by atoms with Gasteiger partial charge in [-0.05, 0) is 24.6 Å². The third kappa shape index (κ3) is 4.14. The molecule has 0 saturated carbocycles. The average Bonchev–Trinajstić information content (AvgIpc) is 2.84. The Balaban J connectivity index is 2.36. The van der Waals surface area contributed by atoms with E-state index in [-0.39, 0.29) is 10.7 Å². The van der Waals surface area contributed by atoms with E-state index >= 15 is 0 Å². The summed E-state index contributed by atoms with van der Waals surface area (Å²) in [6.07, 6.45) is -1.24. The molecule has 0 amide bonds. The lowest BCUT2D eigenvalue weighted by atomic mass is 10.1. The van der Waals surface area contributed by atoms with Gasteiger partial charge in [-0.1, -0.05) is 29.3 Å². The topological polar surface area (TPSA) is 15.6 Å². The summed E-state index contributed by atoms with van der Waals surface area (Å²) in [6.45, 7) is 1.30. The lowest BCUT2D eigenvalue weighted by Crippen LogP contribution is -2.24. The molecule has 0 unspecified atom stereocenters. The Morgan fingerprint density at radius 3 is 2.76 bits per heavy atom. The zero-order chi connectivity index (χ0) is 15.5. The van der Waals surface area contributed by atoms with E-state index in [1.807, 2.05) is 4.90 Å². The molecule has 1 saturated heterocycles. The van der Waals surface area contributed by atoms with Crippen molar-refractivity contribution >= 4 is 34.7 Å². The summed E-state index contributed by atoms with van der Waals surface area (Å²) in [6, 6.07) is 3.61. The Labute approximate surface area is 130 Å². The second-order valence-corrected chi connectivity index (χ2v) is 5.29. The summed E-state index contributed by atoms with van der Waals surface area (Å²) in [5.74, 6) is 0.637. The monoisotopic (exact) mass is 336 g/mol. The Morgan fingerprint density at radius 2 is 2.10 bits per heavy atom. The minimum absolute atomic E-state index is 0.0413. The van der Waals surface area contributed by atoms with Gasteiger partial charge in [0.25, 0.3) is 0 Å². The van der Waals surface area contributed by atoms with Gasteiger partial charge in [0.2, 0.25) is 0 Å². The fraction of sp³-hybridized carbons (Fsp3) is 0.357. The smallest absolute Gasteiger partial charge is 0.356 e. The highest BCUT2D eigenvalue weighted by atomic mass is 35.5. The van der Waals surface area contributed by atoms with Crippen LogP contribution in [0, 0.1) is 0 Å². The Morgan fingerprint density at radius 1 is 1.33 bits per heavy atom. The van der Waals surface area contributed by atoms with Crippen LogP contribution in [-0.2, 0) is 6.18 Å². The Kier molecular flexibility index (Phi) is 5.17. The standard InChI is InChI=1S/C14H13Cl2F3N2/c15-6-2-8-21-7-1-3-13(21)20-12-5-4-10(16)9-11(12)14(17,18)19/h2,4-6,9H,1,3,7-8H2. The molecule has 0 aliphatic carbocycles. The molecule has 114 valence electrons. The summed E-state index contributed by atoms with van der Waals surface area (Å²) >= 11 is 11.1. The second-order valence-electron chi connectivity index (χ2n) is 4.60. The van der Waals surface area contributed by atoms with E-state index in [4.69, 9.17) is 23.2 Å². The van der Waals surface area contributed by atoms with Crippen molar-refractivity contribution in [3.05, 3.63) is 40.4 Å². The van der Waals surface area contributed by atoms with E-state index in [0.29, 0.717) is 18.8 Å². The third-order valence-electron chi connectivity index (χ3n) is 3.12. The quantitative estimate of drug-likeness (QED) is 0.737. The Bertz CT molecular complexity index is 568. The van der Waals surface area contributed by atoms with Crippen LogP contribution >= 0.6 is 23.2 Å². The highest BCUT2D eigenvalue weighted by Crippen LogP contribution is 2.38. The van der Waals surface area contributed by atoms with E-state index in [1.165, 1.54) is 17.7 Å². The number of benzene rings is 1. The lowest BCUT2D eigenvalue weighted by molar-refractivity contribution is -0.137. The highest BCUT2D eigenvalue weighted by molar-refractivity contribution is 6.30. The number of hydrogen-bond acceptors (Lipinski definition) is 1. The number of nitrogens with zero attached hydrogens (tertiary/aromatic N) is 2. The van der Waals surface area contributed by atoms with Crippen molar-refractivity contribution in [3.63, 3.8) is 0 Å². The molecule has 1 aromatic rings. The predicted octanol–water partition coefficient (Wildman–Crippen LogP) is 5.24. The summed E-state index contributed by atoms with van der Waals surface area (Å²) in [7, 11) is 0. The molecular weight excluding hydrogens is 324 g/mol. The fourth-order valence-electron chi connectivity index (χ4n) is 2.18. The molecule has 2 nitrogen and oxygen atoms in total. The van der Waals surface area contributed by atoms with E-state index in [1.54, 1.807) is 6.08 Å². The molecule has 1 aliphatic heterocycles. The van der Waals surface area contributed by atoms with Crippen LogP contribution in [0.5, 0.6) is 0 Å². The average molecular weight is 337 g/mol. The van der Waals surface area contributed by atoms with Crippen LogP contribution in [-0.4, -0.2) is 23.8 Å². The first-order chi connectivity index (χ1) is 9.91. The molecule has 0 N–H and O–H groups in total. The zero-order valence-electron chi connectivity index (χ0n) is 11.0. The maximum Gasteiger partial charge on any atom is 0.418 e. The van der Waals surface area contributed by atoms with Crippen molar-refractivity contribution in [1.82, 2.24) is 4.90 Å². The first-order valence-corrected chi connectivity index (χ1v) is 7.17. The van der Waals surface area contributed by atoms with Gasteiger partial charge in [-0.2, -0.15) is 13.2 Å². The molecule has 0 radical (unpaired) electrons. The molecule has 0 bridgehead atoms. The van der Waals surface area contributed by atoms with Crippen LogP contribution in [0.3, 0.4) is 0 Å². The van der Waals surface area contributed by atoms with Crippen LogP contribution in [0.4, 0.5) is 18.9 Å². The van der Waals surface area contributed by atoms with Crippen molar-refractivity contribution in [1.29, 1.82) is 0 Å². The van der Waals surface area contributed by atoms with Crippen LogP contribution in [0.2, 0.25) is 5.02 Å². The first kappa shape index (κ1) is 16.2. The van der Waals surface area contributed by atoms with E-state index in [0.717, 1.165) is 19.0 Å². The van der Waals surface area contributed by atoms with Crippen LogP contribution in [0.15, 0.2) is 34.8 Å². The number of alkyl halides is 3. The van der Waals surface area contributed by atoms with Gasteiger partial charge in [-0.25, -0.2) is 4.99 Å². The van der Waals surface area contributed by atoms with Crippen molar-refractivity contribution in [2.45, 2.75) is 19.0 Å². The van der Waals surface area contributed by atoms with Crippen molar-refractivity contribution in [2.24, 2.45) is 4.99 Å². The molecule has 1 fully saturated rings. The van der Waals surface area contributed by atoms with Gasteiger partial charge >= 0.3 is 6.18 Å². The molecule has 7 heteroatoms. The molecule has 1 heterocycles. The number of likely N-dealkylation sites (tertiary alicyclic amines) is 1. The van der Waals surface area contributed by atoms with Crippen molar-refractivity contribution in [3.8, 4) is 0 Å². The van der Waals surface area contributed by atoms with E-state index in [9.17, 15) is 13.2 Å². The molecule has 1 aliphatic rings. The normalized spacial score (nSPS) is 18.1. The molecule has 0 aromatic heterocycles. The summed E-state index contributed by atoms with van der Waals surface area (Å²) in [5.41, 5.74) is 0.463. The van der Waals surface area contributed by atoms with Crippen molar-refractivity contribution in [2.75, 3.05) is 13.1 Å². The second kappa shape index (κ2) is 6.71. The third-order valence-corrected chi connectivity index (χ3v) is 3.54. The van der Waals surface area contributed by atoms with Gasteiger partial charge < -0.3 is 4.90 Å². The molecule has 2 rings (SSSR count). The van der Waals surface area contributed by atoms with Gasteiger partial charge in [0, 0.05) is 30.1 Å². The lowest BCUT2D eigenvalue weighted by Gasteiger charge is -2.17. The van der Waals surface area contributed by atoms with Gasteiger partial charge in [0.15, 0.2) is 0 Å². The zero-order valence-corrected chi connectivity index (χ0v) is 12.5. The number of hydrogen-bond donors (Lipinski definition) is 0. The van der Waals surface area contributed by atoms with Crippen molar-refractivity contribution < 1.29 is 13.2 Å². The van der Waals surface area contributed by atoms with Gasteiger partial charge in [-0.15, -0.1) is 0 Å². The van der Waals surface area contributed by atoms with Gasteiger partial charge in [0.1, 0.15) is 5.84 Å². The number of rotatable bonds is 3. The SMILES string of the molecule is FC(F)(F)c1cc(Cl)ccc1N=C1CCCN1CC=CCl. The molecule has 0 atom stereocenters. The van der Waals surface area contributed by atoms with Crippen LogP contribution < -0.4 is 0 Å². The largest absolute Gasteiger partial charge is 0.418 e. The van der Waals surface area contributed by atoms with Gasteiger partial charge in [0.05, 0.1) is 11.3 Å². The first-order valence-electron chi connectivity index (χ1n) is 6.36.